The largest absolute Gasteiger partial charge is 0.271 e. The van der Waals surface area contributed by atoms with Gasteiger partial charge in [0.1, 0.15) is 11.6 Å². The Morgan fingerprint density at radius 1 is 1.32 bits per heavy atom. The number of rotatable bonds is 4. The summed E-state index contributed by atoms with van der Waals surface area (Å²) in [4.78, 5) is 0. The predicted molar refractivity (Wildman–Crippen MR) is 72.2 cm³/mol. The first kappa shape index (κ1) is 14.4. The van der Waals surface area contributed by atoms with E-state index in [-0.39, 0.29) is 6.04 Å². The van der Waals surface area contributed by atoms with Crippen molar-refractivity contribution in [2.24, 2.45) is 17.7 Å². The topological polar surface area (TPSA) is 38.0 Å². The highest BCUT2D eigenvalue weighted by molar-refractivity contribution is 5.23. The van der Waals surface area contributed by atoms with E-state index in [1.165, 1.54) is 25.0 Å². The highest BCUT2D eigenvalue weighted by Gasteiger charge is 2.32. The van der Waals surface area contributed by atoms with Gasteiger partial charge in [-0.3, -0.25) is 11.3 Å². The van der Waals surface area contributed by atoms with Crippen LogP contribution in [-0.4, -0.2) is 0 Å². The molecule has 106 valence electrons. The lowest BCUT2D eigenvalue weighted by molar-refractivity contribution is 0.173. The average Bonchev–Trinajstić information content (AvgIpc) is 2.42. The lowest BCUT2D eigenvalue weighted by atomic mass is 9.72. The molecule has 19 heavy (non-hydrogen) atoms. The molecule has 1 aromatic rings. The molecule has 0 aromatic heterocycles. The van der Waals surface area contributed by atoms with E-state index in [0.29, 0.717) is 17.4 Å². The predicted octanol–water partition coefficient (Wildman–Crippen LogP) is 3.69. The minimum absolute atomic E-state index is 0.231. The minimum Gasteiger partial charge on any atom is -0.271 e. The maximum Gasteiger partial charge on any atom is 0.130 e. The lowest BCUT2D eigenvalue weighted by Crippen LogP contribution is -2.38. The SMILES string of the molecule is CCC1CCCCC1C(NN)c1ccc(F)cc1F. The Morgan fingerprint density at radius 2 is 2.05 bits per heavy atom. The van der Waals surface area contributed by atoms with Crippen LogP contribution >= 0.6 is 0 Å². The van der Waals surface area contributed by atoms with Crippen molar-refractivity contribution in [2.45, 2.75) is 45.1 Å². The zero-order chi connectivity index (χ0) is 13.8. The first-order valence-corrected chi connectivity index (χ1v) is 7.08. The molecule has 3 N–H and O–H groups in total. The van der Waals surface area contributed by atoms with Gasteiger partial charge >= 0.3 is 0 Å². The molecular formula is C15H22F2N2. The van der Waals surface area contributed by atoms with Gasteiger partial charge in [-0.1, -0.05) is 38.7 Å². The van der Waals surface area contributed by atoms with Crippen LogP contribution in [0.5, 0.6) is 0 Å². The van der Waals surface area contributed by atoms with Crippen LogP contribution in [0.4, 0.5) is 8.78 Å². The van der Waals surface area contributed by atoms with Gasteiger partial charge in [-0.25, -0.2) is 8.78 Å². The van der Waals surface area contributed by atoms with Crippen molar-refractivity contribution >= 4 is 0 Å². The van der Waals surface area contributed by atoms with Crippen LogP contribution in [0.15, 0.2) is 18.2 Å². The summed E-state index contributed by atoms with van der Waals surface area (Å²) in [6.45, 7) is 2.16. The van der Waals surface area contributed by atoms with Gasteiger partial charge in [0.2, 0.25) is 0 Å². The molecule has 3 atom stereocenters. The average molecular weight is 268 g/mol. The molecule has 0 spiro atoms. The normalized spacial score (nSPS) is 25.3. The van der Waals surface area contributed by atoms with Crippen LogP contribution < -0.4 is 11.3 Å². The Labute approximate surface area is 113 Å². The van der Waals surface area contributed by atoms with Gasteiger partial charge < -0.3 is 0 Å². The van der Waals surface area contributed by atoms with E-state index in [1.807, 2.05) is 0 Å². The number of nitrogens with two attached hydrogens (primary N) is 1. The van der Waals surface area contributed by atoms with E-state index < -0.39 is 11.6 Å². The van der Waals surface area contributed by atoms with Crippen LogP contribution in [0.25, 0.3) is 0 Å². The zero-order valence-corrected chi connectivity index (χ0v) is 11.3. The molecule has 0 amide bonds. The first-order valence-electron chi connectivity index (χ1n) is 7.08. The van der Waals surface area contributed by atoms with Gasteiger partial charge in [0, 0.05) is 11.6 Å². The van der Waals surface area contributed by atoms with E-state index in [1.54, 1.807) is 0 Å². The molecule has 0 heterocycles. The van der Waals surface area contributed by atoms with E-state index >= 15 is 0 Å². The van der Waals surface area contributed by atoms with Crippen LogP contribution in [-0.2, 0) is 0 Å². The number of nitrogens with one attached hydrogen (secondary N) is 1. The van der Waals surface area contributed by atoms with Crippen molar-refractivity contribution in [3.8, 4) is 0 Å². The number of hydrogen-bond acceptors (Lipinski definition) is 2. The van der Waals surface area contributed by atoms with Gasteiger partial charge in [0.15, 0.2) is 0 Å². The van der Waals surface area contributed by atoms with Gasteiger partial charge in [-0.15, -0.1) is 0 Å². The molecular weight excluding hydrogens is 246 g/mol. The summed E-state index contributed by atoms with van der Waals surface area (Å²) in [7, 11) is 0. The van der Waals surface area contributed by atoms with Crippen molar-refractivity contribution in [2.75, 3.05) is 0 Å². The van der Waals surface area contributed by atoms with Gasteiger partial charge in [0.05, 0.1) is 6.04 Å². The molecule has 0 saturated heterocycles. The number of hydrazine groups is 1. The van der Waals surface area contributed by atoms with Crippen molar-refractivity contribution in [1.82, 2.24) is 5.43 Å². The summed E-state index contributed by atoms with van der Waals surface area (Å²) >= 11 is 0. The molecule has 0 aliphatic heterocycles. The number of halogens is 2. The maximum absolute atomic E-state index is 13.9. The summed E-state index contributed by atoms with van der Waals surface area (Å²) in [5.41, 5.74) is 3.23. The molecule has 1 aliphatic rings. The molecule has 1 saturated carbocycles. The Morgan fingerprint density at radius 3 is 2.68 bits per heavy atom. The van der Waals surface area contributed by atoms with E-state index in [4.69, 9.17) is 5.84 Å². The highest BCUT2D eigenvalue weighted by atomic mass is 19.1. The van der Waals surface area contributed by atoms with E-state index in [0.717, 1.165) is 25.3 Å². The van der Waals surface area contributed by atoms with Crippen molar-refractivity contribution in [3.05, 3.63) is 35.4 Å². The standard InChI is InChI=1S/C15H22F2N2/c1-2-10-5-3-4-6-12(10)15(19-18)13-8-7-11(16)9-14(13)17/h7-10,12,15,19H,2-6,18H2,1H3. The summed E-state index contributed by atoms with van der Waals surface area (Å²) in [5, 5.41) is 0. The molecule has 0 bridgehead atoms. The molecule has 1 aliphatic carbocycles. The molecule has 2 rings (SSSR count). The molecule has 1 aromatic carbocycles. The second-order valence-corrected chi connectivity index (χ2v) is 5.43. The Hall–Kier alpha value is -1.00. The van der Waals surface area contributed by atoms with Crippen LogP contribution in [0.1, 0.15) is 50.6 Å². The molecule has 2 nitrogen and oxygen atoms in total. The third kappa shape index (κ3) is 3.12. The fourth-order valence-electron chi connectivity index (χ4n) is 3.38. The number of benzene rings is 1. The highest BCUT2D eigenvalue weighted by Crippen LogP contribution is 2.40. The fraction of sp³-hybridized carbons (Fsp3) is 0.600. The zero-order valence-electron chi connectivity index (χ0n) is 11.3. The summed E-state index contributed by atoms with van der Waals surface area (Å²) in [6.07, 6.45) is 5.68. The molecule has 1 fully saturated rings. The van der Waals surface area contributed by atoms with Gasteiger partial charge in [0.25, 0.3) is 0 Å². The smallest absolute Gasteiger partial charge is 0.130 e. The fourth-order valence-corrected chi connectivity index (χ4v) is 3.38. The van der Waals surface area contributed by atoms with Crippen molar-refractivity contribution in [1.29, 1.82) is 0 Å². The van der Waals surface area contributed by atoms with Crippen LogP contribution in [0.2, 0.25) is 0 Å². The van der Waals surface area contributed by atoms with Crippen molar-refractivity contribution < 1.29 is 8.78 Å². The van der Waals surface area contributed by atoms with Crippen LogP contribution in [0, 0.1) is 23.5 Å². The quantitative estimate of drug-likeness (QED) is 0.645. The first-order chi connectivity index (χ1) is 9.17. The number of hydrogen-bond donors (Lipinski definition) is 2. The van der Waals surface area contributed by atoms with E-state index in [2.05, 4.69) is 12.3 Å². The second kappa shape index (κ2) is 6.44. The molecule has 4 heteroatoms. The monoisotopic (exact) mass is 268 g/mol. The summed E-state index contributed by atoms with van der Waals surface area (Å²) in [5.74, 6) is 5.47. The summed E-state index contributed by atoms with van der Waals surface area (Å²) in [6, 6.07) is 3.51. The molecule has 3 unspecified atom stereocenters. The van der Waals surface area contributed by atoms with Gasteiger partial charge in [-0.05, 0) is 24.3 Å². The lowest BCUT2D eigenvalue weighted by Gasteiger charge is -2.36. The maximum atomic E-state index is 13.9. The molecule has 0 radical (unpaired) electrons. The third-order valence-corrected chi connectivity index (χ3v) is 4.40. The van der Waals surface area contributed by atoms with E-state index in [9.17, 15) is 8.78 Å². The Kier molecular flexibility index (Phi) is 4.88. The van der Waals surface area contributed by atoms with Crippen molar-refractivity contribution in [3.63, 3.8) is 0 Å². The Bertz CT molecular complexity index is 423. The van der Waals surface area contributed by atoms with Crippen LogP contribution in [0.3, 0.4) is 0 Å². The third-order valence-electron chi connectivity index (χ3n) is 4.40. The summed E-state index contributed by atoms with van der Waals surface area (Å²) < 4.78 is 26.9. The Balaban J connectivity index is 2.27. The second-order valence-electron chi connectivity index (χ2n) is 5.43. The minimum atomic E-state index is -0.548. The van der Waals surface area contributed by atoms with Gasteiger partial charge in [-0.2, -0.15) is 0 Å².